The van der Waals surface area contributed by atoms with Gasteiger partial charge in [-0.2, -0.15) is 0 Å². The van der Waals surface area contributed by atoms with Crippen molar-refractivity contribution in [1.29, 1.82) is 0 Å². The molecule has 12 nitrogen and oxygen atoms in total. The lowest BCUT2D eigenvalue weighted by Gasteiger charge is -2.30. The van der Waals surface area contributed by atoms with Crippen LogP contribution in [0.5, 0.6) is 0 Å². The van der Waals surface area contributed by atoms with E-state index in [2.05, 4.69) is 29.1 Å². The third-order valence-electron chi connectivity index (χ3n) is 7.09. The second-order valence-electron chi connectivity index (χ2n) is 11.8. The van der Waals surface area contributed by atoms with Gasteiger partial charge in [-0.05, 0) is 30.2 Å². The second-order valence-corrected chi connectivity index (χ2v) is 11.8. The molecule has 0 aliphatic carbocycles. The van der Waals surface area contributed by atoms with Gasteiger partial charge in [-0.1, -0.05) is 70.2 Å². The molecule has 0 aliphatic heterocycles. The maximum atomic E-state index is 13.7. The molecule has 1 aromatic rings. The van der Waals surface area contributed by atoms with Crippen molar-refractivity contribution in [2.75, 3.05) is 33.3 Å². The van der Waals surface area contributed by atoms with Crippen molar-refractivity contribution in [3.05, 3.63) is 61.2 Å². The van der Waals surface area contributed by atoms with Crippen LogP contribution in [0.25, 0.3) is 0 Å². The number of hydrogen-bond donors (Lipinski definition) is 3. The molecule has 3 atom stereocenters. The normalized spacial score (nSPS) is 12.7. The van der Waals surface area contributed by atoms with E-state index in [4.69, 9.17) is 4.74 Å². The van der Waals surface area contributed by atoms with Gasteiger partial charge >= 0.3 is 5.97 Å². The van der Waals surface area contributed by atoms with Crippen molar-refractivity contribution in [3.8, 4) is 0 Å². The summed E-state index contributed by atoms with van der Waals surface area (Å²) in [7, 11) is 1.22. The Balaban J connectivity index is 3.23. The minimum absolute atomic E-state index is 0.0191. The van der Waals surface area contributed by atoms with Gasteiger partial charge in [0, 0.05) is 26.4 Å². The number of esters is 1. The molecule has 5 amide bonds. The van der Waals surface area contributed by atoms with Crippen molar-refractivity contribution in [3.63, 3.8) is 0 Å². The summed E-state index contributed by atoms with van der Waals surface area (Å²) < 4.78 is 4.74. The predicted octanol–water partition coefficient (Wildman–Crippen LogP) is 2.00. The summed E-state index contributed by atoms with van der Waals surface area (Å²) in [5.74, 6) is -3.48. The van der Waals surface area contributed by atoms with E-state index in [1.165, 1.54) is 29.9 Å². The van der Waals surface area contributed by atoms with Gasteiger partial charge < -0.3 is 30.5 Å². The van der Waals surface area contributed by atoms with Crippen molar-refractivity contribution in [2.45, 2.75) is 72.0 Å². The Morgan fingerprint density at radius 2 is 1.50 bits per heavy atom. The molecule has 0 fully saturated rings. The maximum Gasteiger partial charge on any atom is 0.325 e. The molecule has 3 N–H and O–H groups in total. The Morgan fingerprint density at radius 1 is 0.848 bits per heavy atom. The first-order valence-corrected chi connectivity index (χ1v) is 15.5. The van der Waals surface area contributed by atoms with E-state index in [0.29, 0.717) is 13.0 Å². The Morgan fingerprint density at radius 3 is 2.02 bits per heavy atom. The molecule has 0 unspecified atom stereocenters. The van der Waals surface area contributed by atoms with Crippen LogP contribution in [-0.4, -0.2) is 96.7 Å². The van der Waals surface area contributed by atoms with Crippen molar-refractivity contribution < 1.29 is 33.5 Å². The number of carbonyl (C=O) groups is 6. The predicted molar refractivity (Wildman–Crippen MR) is 176 cm³/mol. The fourth-order valence-corrected chi connectivity index (χ4v) is 4.64. The topological polar surface area (TPSA) is 154 Å². The van der Waals surface area contributed by atoms with E-state index in [1.807, 2.05) is 44.2 Å². The van der Waals surface area contributed by atoms with Crippen LogP contribution in [0, 0.1) is 11.8 Å². The molecule has 0 radical (unpaired) electrons. The third kappa shape index (κ3) is 14.1. The number of nitrogens with one attached hydrogen (secondary N) is 3. The molecule has 12 heteroatoms. The molecular formula is C34H51N5O7. The third-order valence-corrected chi connectivity index (χ3v) is 7.09. The lowest BCUT2D eigenvalue weighted by Crippen LogP contribution is -2.59. The number of benzene rings is 1. The van der Waals surface area contributed by atoms with E-state index < -0.39 is 53.6 Å². The van der Waals surface area contributed by atoms with Gasteiger partial charge in [0.25, 0.3) is 0 Å². The standard InChI is InChI=1S/C34H51N5O7/c1-9-11-18-38(25(7)40)21-29(41)35-27(19-23(3)4)32(43)37-31(24(5)6)33(44)36-28(20-26-15-13-12-14-16-26)34(45)39(17-10-2)22-30(42)46-8/h9-10,12-16,23-24,27-28,31H,1-2,11,17-22H2,3-8H3,(H,35,41)(H,36,44)(H,37,43)/t27-,28-,31+/m0/s1. The summed E-state index contributed by atoms with van der Waals surface area (Å²) in [5, 5.41) is 8.28. The first kappa shape index (κ1) is 39.5. The minimum Gasteiger partial charge on any atom is -0.468 e. The highest BCUT2D eigenvalue weighted by atomic mass is 16.5. The minimum atomic E-state index is -1.07. The van der Waals surface area contributed by atoms with Crippen molar-refractivity contribution >= 4 is 35.5 Å². The van der Waals surface area contributed by atoms with Crippen LogP contribution >= 0.6 is 0 Å². The number of carbonyl (C=O) groups excluding carboxylic acids is 6. The molecule has 0 heterocycles. The van der Waals surface area contributed by atoms with Crippen LogP contribution in [-0.2, 0) is 39.9 Å². The van der Waals surface area contributed by atoms with Gasteiger partial charge in [-0.25, -0.2) is 0 Å². The molecule has 0 aliphatic rings. The van der Waals surface area contributed by atoms with Crippen molar-refractivity contribution in [2.24, 2.45) is 11.8 Å². The highest BCUT2D eigenvalue weighted by Gasteiger charge is 2.33. The summed E-state index contributed by atoms with van der Waals surface area (Å²) >= 11 is 0. The maximum absolute atomic E-state index is 13.7. The van der Waals surface area contributed by atoms with E-state index in [9.17, 15) is 28.8 Å². The molecule has 0 bridgehead atoms. The van der Waals surface area contributed by atoms with Crippen LogP contribution in [0.15, 0.2) is 55.6 Å². The smallest absolute Gasteiger partial charge is 0.325 e. The Hall–Kier alpha value is -4.48. The van der Waals surface area contributed by atoms with Gasteiger partial charge in [0.2, 0.25) is 29.5 Å². The highest BCUT2D eigenvalue weighted by Crippen LogP contribution is 2.11. The zero-order valence-electron chi connectivity index (χ0n) is 28.0. The zero-order chi connectivity index (χ0) is 34.8. The van der Waals surface area contributed by atoms with Gasteiger partial charge in [-0.15, -0.1) is 13.2 Å². The largest absolute Gasteiger partial charge is 0.468 e. The van der Waals surface area contributed by atoms with E-state index >= 15 is 0 Å². The van der Waals surface area contributed by atoms with Crippen LogP contribution in [0.2, 0.25) is 0 Å². The number of rotatable bonds is 20. The molecule has 1 aromatic carbocycles. The molecule has 254 valence electrons. The quantitative estimate of drug-likeness (QED) is 0.145. The Labute approximate surface area is 273 Å². The fraction of sp³-hybridized carbons (Fsp3) is 0.529. The fourth-order valence-electron chi connectivity index (χ4n) is 4.64. The van der Waals surface area contributed by atoms with Crippen LogP contribution in [0.1, 0.15) is 53.0 Å². The second kappa shape index (κ2) is 20.5. The summed E-state index contributed by atoms with van der Waals surface area (Å²) in [6.07, 6.45) is 4.04. The van der Waals surface area contributed by atoms with Gasteiger partial charge in [0.15, 0.2) is 0 Å². The molecule has 1 rings (SSSR count). The Bertz CT molecular complexity index is 1200. The number of methoxy groups -OCH3 is 1. The van der Waals surface area contributed by atoms with Crippen LogP contribution < -0.4 is 16.0 Å². The number of nitrogens with zero attached hydrogens (tertiary/aromatic N) is 2. The monoisotopic (exact) mass is 641 g/mol. The first-order chi connectivity index (χ1) is 21.7. The number of hydrogen-bond acceptors (Lipinski definition) is 7. The summed E-state index contributed by atoms with van der Waals surface area (Å²) in [5.41, 5.74) is 0.773. The van der Waals surface area contributed by atoms with Crippen LogP contribution in [0.3, 0.4) is 0 Å². The van der Waals surface area contributed by atoms with Crippen molar-refractivity contribution in [1.82, 2.24) is 25.8 Å². The molecule has 0 saturated carbocycles. The molecular weight excluding hydrogens is 590 g/mol. The summed E-state index contributed by atoms with van der Waals surface area (Å²) in [6, 6.07) is 5.98. The van der Waals surface area contributed by atoms with Gasteiger partial charge in [0.1, 0.15) is 24.7 Å². The van der Waals surface area contributed by atoms with Gasteiger partial charge in [0.05, 0.1) is 13.7 Å². The SMILES string of the molecule is C=CCCN(CC(=O)N[C@@H](CC(C)C)C(=O)N[C@@H](C(=O)N[C@@H](Cc1ccccc1)C(=O)N(CC=C)CC(=O)OC)C(C)C)C(C)=O. The van der Waals surface area contributed by atoms with Crippen LogP contribution in [0.4, 0.5) is 0 Å². The van der Waals surface area contributed by atoms with Gasteiger partial charge in [-0.3, -0.25) is 28.8 Å². The lowest BCUT2D eigenvalue weighted by atomic mass is 9.98. The van der Waals surface area contributed by atoms with E-state index in [0.717, 1.165) is 5.56 Å². The molecule has 0 saturated heterocycles. The van der Waals surface area contributed by atoms with E-state index in [1.54, 1.807) is 19.9 Å². The highest BCUT2D eigenvalue weighted by molar-refractivity contribution is 5.95. The van der Waals surface area contributed by atoms with E-state index in [-0.39, 0.29) is 44.3 Å². The molecule has 0 aromatic heterocycles. The lowest BCUT2D eigenvalue weighted by molar-refractivity contribution is -0.147. The number of ether oxygens (including phenoxy) is 1. The Kier molecular flexibility index (Phi) is 17.6. The first-order valence-electron chi connectivity index (χ1n) is 15.5. The molecule has 46 heavy (non-hydrogen) atoms. The molecule has 0 spiro atoms. The number of amides is 5. The summed E-state index contributed by atoms with van der Waals surface area (Å²) in [4.78, 5) is 80.5. The average molecular weight is 642 g/mol. The average Bonchev–Trinajstić information content (AvgIpc) is 3.00. The zero-order valence-corrected chi connectivity index (χ0v) is 28.0. The summed E-state index contributed by atoms with van der Waals surface area (Å²) in [6.45, 7) is 15.8.